The number of amides is 1. The highest BCUT2D eigenvalue weighted by atomic mass is 32.1. The molecular weight excluding hydrogens is 422 g/mol. The van der Waals surface area contributed by atoms with E-state index in [0.717, 1.165) is 49.8 Å². The topological polar surface area (TPSA) is 63.7 Å². The Morgan fingerprint density at radius 1 is 1.03 bits per heavy atom. The highest BCUT2D eigenvalue weighted by Gasteiger charge is 2.37. The van der Waals surface area contributed by atoms with E-state index in [0.29, 0.717) is 42.2 Å². The van der Waals surface area contributed by atoms with Gasteiger partial charge in [0.2, 0.25) is 5.91 Å². The summed E-state index contributed by atoms with van der Waals surface area (Å²) in [7, 11) is 1.40. The van der Waals surface area contributed by atoms with E-state index in [1.165, 1.54) is 30.4 Å². The molecule has 1 aromatic rings. The molecule has 0 saturated heterocycles. The van der Waals surface area contributed by atoms with Crippen molar-refractivity contribution in [1.82, 2.24) is 0 Å². The molecule has 1 heterocycles. The number of carbonyl (C=O) groups excluding carboxylic acids is 3. The van der Waals surface area contributed by atoms with Crippen LogP contribution in [0.1, 0.15) is 98.5 Å². The van der Waals surface area contributed by atoms with E-state index in [2.05, 4.69) is 13.0 Å². The van der Waals surface area contributed by atoms with Gasteiger partial charge in [-0.1, -0.05) is 13.0 Å². The summed E-state index contributed by atoms with van der Waals surface area (Å²) in [6.07, 6.45) is 13.0. The molecule has 0 unspecified atom stereocenters. The fourth-order valence-electron chi connectivity index (χ4n) is 5.40. The van der Waals surface area contributed by atoms with Gasteiger partial charge in [-0.2, -0.15) is 0 Å². The summed E-state index contributed by atoms with van der Waals surface area (Å²) in [6, 6.07) is 2.01. The number of methoxy groups -OCH3 is 1. The van der Waals surface area contributed by atoms with Crippen molar-refractivity contribution in [3.05, 3.63) is 21.9 Å². The number of esters is 1. The van der Waals surface area contributed by atoms with Crippen molar-refractivity contribution in [2.24, 2.45) is 11.8 Å². The van der Waals surface area contributed by atoms with Gasteiger partial charge < -0.3 is 9.64 Å². The summed E-state index contributed by atoms with van der Waals surface area (Å²) in [4.78, 5) is 42.1. The first kappa shape index (κ1) is 23.2. The molecule has 0 aliphatic heterocycles. The first-order chi connectivity index (χ1) is 15.5. The SMILES string of the molecule is COC(=O)c1sc(C2=CCCCC2)cc1N(C(=O)C1CCC(C)CC1)C1CCC(=O)CC1. The lowest BCUT2D eigenvalue weighted by molar-refractivity contribution is -0.125. The van der Waals surface area contributed by atoms with Gasteiger partial charge in [-0.3, -0.25) is 9.59 Å². The first-order valence-electron chi connectivity index (χ1n) is 12.2. The molecule has 0 aromatic carbocycles. The molecule has 0 radical (unpaired) electrons. The predicted molar refractivity (Wildman–Crippen MR) is 128 cm³/mol. The van der Waals surface area contributed by atoms with Crippen LogP contribution < -0.4 is 4.90 Å². The molecule has 3 aliphatic rings. The number of Topliss-reactive ketones (excluding diaryl/α,β-unsaturated/α-hetero) is 1. The number of hydrogen-bond donors (Lipinski definition) is 0. The number of carbonyl (C=O) groups is 3. The maximum absolute atomic E-state index is 13.9. The van der Waals surface area contributed by atoms with Crippen LogP contribution in [0.3, 0.4) is 0 Å². The Morgan fingerprint density at radius 3 is 2.38 bits per heavy atom. The fourth-order valence-corrected chi connectivity index (χ4v) is 6.54. The molecule has 6 heteroatoms. The molecule has 4 rings (SSSR count). The lowest BCUT2D eigenvalue weighted by Crippen LogP contribution is -2.46. The average molecular weight is 458 g/mol. The van der Waals surface area contributed by atoms with Crippen molar-refractivity contribution in [2.75, 3.05) is 12.0 Å². The summed E-state index contributed by atoms with van der Waals surface area (Å²) in [5.41, 5.74) is 1.97. The van der Waals surface area contributed by atoms with E-state index >= 15 is 0 Å². The first-order valence-corrected chi connectivity index (χ1v) is 13.1. The predicted octanol–water partition coefficient (Wildman–Crippen LogP) is 6.16. The highest BCUT2D eigenvalue weighted by Crippen LogP contribution is 2.42. The third kappa shape index (κ3) is 5.00. The Balaban J connectivity index is 1.72. The molecule has 0 spiro atoms. The highest BCUT2D eigenvalue weighted by molar-refractivity contribution is 7.15. The Bertz CT molecular complexity index is 884. The van der Waals surface area contributed by atoms with E-state index in [4.69, 9.17) is 4.74 Å². The van der Waals surface area contributed by atoms with Crippen LogP contribution in [0, 0.1) is 11.8 Å². The van der Waals surface area contributed by atoms with Crippen LogP contribution in [0.5, 0.6) is 0 Å². The molecule has 2 saturated carbocycles. The number of rotatable bonds is 5. The standard InChI is InChI=1S/C26H35NO4S/c1-17-8-10-19(11-9-17)25(29)27(20-12-14-21(28)15-13-20)22-16-23(18-6-4-3-5-7-18)32-24(22)26(30)31-2/h6,16-17,19-20H,3-5,7-15H2,1-2H3. The van der Waals surface area contributed by atoms with E-state index in [-0.39, 0.29) is 29.6 Å². The van der Waals surface area contributed by atoms with Gasteiger partial charge in [-0.15, -0.1) is 11.3 Å². The Labute approximate surface area is 195 Å². The van der Waals surface area contributed by atoms with Crippen molar-refractivity contribution in [3.63, 3.8) is 0 Å². The Kier molecular flexibility index (Phi) is 7.49. The fraction of sp³-hybridized carbons (Fsp3) is 0.654. The van der Waals surface area contributed by atoms with Crippen LogP contribution in [0.15, 0.2) is 12.1 Å². The van der Waals surface area contributed by atoms with Gasteiger partial charge in [0.1, 0.15) is 10.7 Å². The van der Waals surface area contributed by atoms with Gasteiger partial charge in [0.15, 0.2) is 0 Å². The molecule has 0 atom stereocenters. The maximum atomic E-state index is 13.9. The molecule has 1 aromatic heterocycles. The molecule has 0 bridgehead atoms. The summed E-state index contributed by atoms with van der Waals surface area (Å²) in [5, 5.41) is 0. The third-order valence-corrected chi connectivity index (χ3v) is 8.61. The minimum absolute atomic E-state index is 0.00780. The van der Waals surface area contributed by atoms with E-state index in [1.54, 1.807) is 0 Å². The molecule has 174 valence electrons. The third-order valence-electron chi connectivity index (χ3n) is 7.43. The molecular formula is C26H35NO4S. The number of anilines is 1. The van der Waals surface area contributed by atoms with Crippen LogP contribution >= 0.6 is 11.3 Å². The average Bonchev–Trinajstić information content (AvgIpc) is 3.26. The van der Waals surface area contributed by atoms with Crippen LogP contribution in [0.2, 0.25) is 0 Å². The summed E-state index contributed by atoms with van der Waals surface area (Å²) in [5.74, 6) is 0.674. The van der Waals surface area contributed by atoms with Crippen LogP contribution in [0.25, 0.3) is 5.57 Å². The van der Waals surface area contributed by atoms with Crippen LogP contribution in [0.4, 0.5) is 5.69 Å². The lowest BCUT2D eigenvalue weighted by Gasteiger charge is -2.37. The smallest absolute Gasteiger partial charge is 0.350 e. The van der Waals surface area contributed by atoms with Crippen molar-refractivity contribution in [2.45, 2.75) is 90.0 Å². The number of nitrogens with zero attached hydrogens (tertiary/aromatic N) is 1. The second-order valence-electron chi connectivity index (χ2n) is 9.73. The second kappa shape index (κ2) is 10.3. The lowest BCUT2D eigenvalue weighted by atomic mass is 9.81. The van der Waals surface area contributed by atoms with Crippen LogP contribution in [-0.4, -0.2) is 30.8 Å². The molecule has 0 N–H and O–H groups in total. The zero-order valence-corrected chi connectivity index (χ0v) is 20.2. The molecule has 32 heavy (non-hydrogen) atoms. The van der Waals surface area contributed by atoms with Gasteiger partial charge >= 0.3 is 5.97 Å². The summed E-state index contributed by atoms with van der Waals surface area (Å²) in [6.45, 7) is 2.25. The van der Waals surface area contributed by atoms with Crippen molar-refractivity contribution in [3.8, 4) is 0 Å². The number of hydrogen-bond acceptors (Lipinski definition) is 5. The number of thiophene rings is 1. The van der Waals surface area contributed by atoms with Gasteiger partial charge in [-0.25, -0.2) is 4.79 Å². The Morgan fingerprint density at radius 2 is 1.75 bits per heavy atom. The monoisotopic (exact) mass is 457 g/mol. The molecule has 5 nitrogen and oxygen atoms in total. The molecule has 1 amide bonds. The largest absolute Gasteiger partial charge is 0.465 e. The maximum Gasteiger partial charge on any atom is 0.350 e. The quantitative estimate of drug-likeness (QED) is 0.497. The van der Waals surface area contributed by atoms with E-state index < -0.39 is 0 Å². The van der Waals surface area contributed by atoms with Gasteiger partial charge in [0.05, 0.1) is 12.8 Å². The normalized spacial score (nSPS) is 24.7. The van der Waals surface area contributed by atoms with E-state index in [1.807, 2.05) is 11.0 Å². The molecule has 3 aliphatic carbocycles. The number of allylic oxidation sites excluding steroid dienone is 2. The number of ketones is 1. The van der Waals surface area contributed by atoms with E-state index in [9.17, 15) is 14.4 Å². The minimum Gasteiger partial charge on any atom is -0.465 e. The van der Waals surface area contributed by atoms with Gasteiger partial charge in [-0.05, 0) is 81.8 Å². The van der Waals surface area contributed by atoms with Crippen molar-refractivity contribution in [1.29, 1.82) is 0 Å². The van der Waals surface area contributed by atoms with Crippen molar-refractivity contribution >= 4 is 40.3 Å². The molecule has 2 fully saturated rings. The van der Waals surface area contributed by atoms with Crippen LogP contribution in [-0.2, 0) is 14.3 Å². The van der Waals surface area contributed by atoms with Gasteiger partial charge in [0, 0.05) is 29.7 Å². The zero-order valence-electron chi connectivity index (χ0n) is 19.4. The Hall–Kier alpha value is -1.95. The zero-order chi connectivity index (χ0) is 22.7. The minimum atomic E-state index is -0.380. The summed E-state index contributed by atoms with van der Waals surface area (Å²) < 4.78 is 5.13. The number of ether oxygens (including phenoxy) is 1. The second-order valence-corrected chi connectivity index (χ2v) is 10.8. The summed E-state index contributed by atoms with van der Waals surface area (Å²) >= 11 is 1.45. The van der Waals surface area contributed by atoms with Gasteiger partial charge in [0.25, 0.3) is 0 Å². The van der Waals surface area contributed by atoms with Crippen molar-refractivity contribution < 1.29 is 19.1 Å².